The Morgan fingerprint density at radius 3 is 2.59 bits per heavy atom. The number of aryl methyl sites for hydroxylation is 1. The molecule has 3 nitrogen and oxygen atoms in total. The zero-order valence-electron chi connectivity index (χ0n) is 18.9. The topological polar surface area (TPSA) is 34.0 Å². The smallest absolute Gasteiger partial charge is 0.220 e. The molecule has 1 heterocycles. The Labute approximate surface area is 197 Å². The van der Waals surface area contributed by atoms with Gasteiger partial charge in [0.1, 0.15) is 11.6 Å². The van der Waals surface area contributed by atoms with Gasteiger partial charge in [0.05, 0.1) is 9.99 Å². The number of benzene rings is 2. The van der Waals surface area contributed by atoms with E-state index in [0.717, 1.165) is 47.8 Å². The van der Waals surface area contributed by atoms with E-state index in [1.54, 1.807) is 12.1 Å². The van der Waals surface area contributed by atoms with Gasteiger partial charge in [-0.2, -0.15) is 0 Å². The van der Waals surface area contributed by atoms with E-state index in [4.69, 9.17) is 0 Å². The van der Waals surface area contributed by atoms with Gasteiger partial charge in [0, 0.05) is 30.1 Å². The molecule has 32 heavy (non-hydrogen) atoms. The number of aromatic nitrogens is 1. The molecule has 0 saturated heterocycles. The number of carbonyl (C=O) groups is 1. The van der Waals surface area contributed by atoms with Crippen LogP contribution in [0, 0.1) is 17.6 Å². The highest BCUT2D eigenvalue weighted by atomic mass is 79.9. The van der Waals surface area contributed by atoms with Crippen molar-refractivity contribution in [2.24, 2.45) is 5.92 Å². The lowest BCUT2D eigenvalue weighted by Crippen LogP contribution is -2.32. The zero-order chi connectivity index (χ0) is 23.3. The monoisotopic (exact) mass is 504 g/mol. The Morgan fingerprint density at radius 1 is 1.09 bits per heavy atom. The maximum Gasteiger partial charge on any atom is 0.220 e. The fourth-order valence-electron chi connectivity index (χ4n) is 3.95. The van der Waals surface area contributed by atoms with Crippen molar-refractivity contribution in [3.63, 3.8) is 0 Å². The highest BCUT2D eigenvalue weighted by Gasteiger charge is 2.14. The molecule has 1 aromatic heterocycles. The van der Waals surface area contributed by atoms with Gasteiger partial charge in [-0.15, -0.1) is 0 Å². The van der Waals surface area contributed by atoms with Crippen molar-refractivity contribution in [2.75, 3.05) is 0 Å². The first-order chi connectivity index (χ1) is 15.2. The molecular weight excluding hydrogens is 474 g/mol. The number of rotatable bonds is 10. The van der Waals surface area contributed by atoms with Crippen LogP contribution in [0.25, 0.3) is 10.9 Å². The van der Waals surface area contributed by atoms with Gasteiger partial charge in [-0.3, -0.25) is 4.79 Å². The Morgan fingerprint density at radius 2 is 1.88 bits per heavy atom. The van der Waals surface area contributed by atoms with Crippen LogP contribution >= 0.6 is 15.9 Å². The van der Waals surface area contributed by atoms with E-state index in [1.165, 1.54) is 18.2 Å². The average Bonchev–Trinajstić information content (AvgIpc) is 3.03. The lowest BCUT2D eigenvalue weighted by atomic mass is 10.1. The number of nitrogens with one attached hydrogen (secondary N) is 1. The summed E-state index contributed by atoms with van der Waals surface area (Å²) >= 11 is 3.27. The molecule has 1 atom stereocenters. The molecule has 6 heteroatoms. The number of hydrogen-bond acceptors (Lipinski definition) is 1. The number of amides is 1. The van der Waals surface area contributed by atoms with Gasteiger partial charge in [0.15, 0.2) is 0 Å². The maximum atomic E-state index is 14.3. The van der Waals surface area contributed by atoms with Crippen LogP contribution in [0.1, 0.15) is 57.7 Å². The quantitative estimate of drug-likeness (QED) is 0.317. The van der Waals surface area contributed by atoms with Crippen molar-refractivity contribution in [3.8, 4) is 0 Å². The third kappa shape index (κ3) is 6.64. The second kappa shape index (κ2) is 11.1. The molecule has 0 spiro atoms. The van der Waals surface area contributed by atoms with E-state index in [-0.39, 0.29) is 23.6 Å². The molecule has 0 aliphatic rings. The van der Waals surface area contributed by atoms with Crippen LogP contribution in [0.2, 0.25) is 0 Å². The van der Waals surface area contributed by atoms with Crippen LogP contribution < -0.4 is 5.32 Å². The lowest BCUT2D eigenvalue weighted by molar-refractivity contribution is -0.122. The second-order valence-electron chi connectivity index (χ2n) is 8.97. The molecule has 3 rings (SSSR count). The molecule has 0 radical (unpaired) electrons. The first kappa shape index (κ1) is 24.4. The minimum atomic E-state index is -0.319. The van der Waals surface area contributed by atoms with Crippen LogP contribution in [0.4, 0.5) is 8.78 Å². The molecule has 0 fully saturated rings. The van der Waals surface area contributed by atoms with Crippen LogP contribution in [-0.4, -0.2) is 16.5 Å². The van der Waals surface area contributed by atoms with E-state index in [9.17, 15) is 13.6 Å². The van der Waals surface area contributed by atoms with Gasteiger partial charge in [-0.05, 0) is 90.4 Å². The largest absolute Gasteiger partial charge is 0.354 e. The van der Waals surface area contributed by atoms with Gasteiger partial charge in [-0.1, -0.05) is 26.0 Å². The Bertz CT molecular complexity index is 1080. The highest BCUT2D eigenvalue weighted by Crippen LogP contribution is 2.28. The van der Waals surface area contributed by atoms with E-state index in [1.807, 2.05) is 13.0 Å². The fraction of sp³-hybridized carbons (Fsp3) is 0.423. The summed E-state index contributed by atoms with van der Waals surface area (Å²) in [7, 11) is 0. The summed E-state index contributed by atoms with van der Waals surface area (Å²) in [4.78, 5) is 12.1. The Kier molecular flexibility index (Phi) is 8.46. The standard InChI is InChI=1S/C26H31BrF2N2O/c1-17(2)10-11-26(32)30-18(3)6-4-9-22-13-20-14-23(27)24(29)15-25(20)31(22)16-19-7-5-8-21(28)12-19/h5,7-8,12-15,17-18H,4,6,9-11,16H2,1-3H3,(H,30,32). The number of halogens is 3. The van der Waals surface area contributed by atoms with Crippen molar-refractivity contribution in [1.82, 2.24) is 9.88 Å². The van der Waals surface area contributed by atoms with Crippen molar-refractivity contribution < 1.29 is 13.6 Å². The molecule has 0 aliphatic carbocycles. The number of nitrogens with zero attached hydrogens (tertiary/aromatic N) is 1. The average molecular weight is 505 g/mol. The van der Waals surface area contributed by atoms with Gasteiger partial charge in [-0.25, -0.2) is 8.78 Å². The van der Waals surface area contributed by atoms with Crippen molar-refractivity contribution in [1.29, 1.82) is 0 Å². The first-order valence-corrected chi connectivity index (χ1v) is 12.0. The van der Waals surface area contributed by atoms with Crippen LogP contribution in [-0.2, 0) is 17.8 Å². The van der Waals surface area contributed by atoms with E-state index in [2.05, 4.69) is 45.7 Å². The summed E-state index contributed by atoms with van der Waals surface area (Å²) in [6, 6.07) is 12.0. The van der Waals surface area contributed by atoms with Crippen LogP contribution in [0.5, 0.6) is 0 Å². The van der Waals surface area contributed by atoms with E-state index < -0.39 is 0 Å². The minimum Gasteiger partial charge on any atom is -0.354 e. The second-order valence-corrected chi connectivity index (χ2v) is 9.82. The number of carbonyl (C=O) groups excluding carboxylic acids is 1. The molecular formula is C26H31BrF2N2O. The molecule has 0 aliphatic heterocycles. The number of hydrogen-bond donors (Lipinski definition) is 1. The Hall–Kier alpha value is -2.21. The molecule has 0 saturated carbocycles. The summed E-state index contributed by atoms with van der Waals surface area (Å²) in [5.41, 5.74) is 2.69. The maximum absolute atomic E-state index is 14.3. The summed E-state index contributed by atoms with van der Waals surface area (Å²) < 4.78 is 30.5. The van der Waals surface area contributed by atoms with Crippen LogP contribution in [0.3, 0.4) is 0 Å². The fourth-order valence-corrected chi connectivity index (χ4v) is 4.31. The molecule has 2 aromatic carbocycles. The minimum absolute atomic E-state index is 0.0994. The van der Waals surface area contributed by atoms with Crippen molar-refractivity contribution in [2.45, 2.75) is 65.5 Å². The summed E-state index contributed by atoms with van der Waals surface area (Å²) in [6.07, 6.45) is 3.98. The van der Waals surface area contributed by atoms with Crippen molar-refractivity contribution >= 4 is 32.7 Å². The molecule has 3 aromatic rings. The van der Waals surface area contributed by atoms with E-state index >= 15 is 0 Å². The van der Waals surface area contributed by atoms with Gasteiger partial charge in [0.2, 0.25) is 5.91 Å². The molecule has 1 amide bonds. The summed E-state index contributed by atoms with van der Waals surface area (Å²) in [6.45, 7) is 6.73. The van der Waals surface area contributed by atoms with Gasteiger partial charge >= 0.3 is 0 Å². The van der Waals surface area contributed by atoms with E-state index in [0.29, 0.717) is 23.4 Å². The SMILES string of the molecule is CC(C)CCC(=O)NC(C)CCCc1cc2cc(Br)c(F)cc2n1Cc1cccc(F)c1. The van der Waals surface area contributed by atoms with Gasteiger partial charge < -0.3 is 9.88 Å². The van der Waals surface area contributed by atoms with Crippen LogP contribution in [0.15, 0.2) is 46.9 Å². The third-order valence-electron chi connectivity index (χ3n) is 5.69. The van der Waals surface area contributed by atoms with Crippen molar-refractivity contribution in [3.05, 3.63) is 69.8 Å². The van der Waals surface area contributed by atoms with Gasteiger partial charge in [0.25, 0.3) is 0 Å². The molecule has 172 valence electrons. The lowest BCUT2D eigenvalue weighted by Gasteiger charge is -2.15. The first-order valence-electron chi connectivity index (χ1n) is 11.2. The number of fused-ring (bicyclic) bond motifs is 1. The third-order valence-corrected chi connectivity index (χ3v) is 6.29. The predicted octanol–water partition coefficient (Wildman–Crippen LogP) is 6.99. The predicted molar refractivity (Wildman–Crippen MR) is 130 cm³/mol. The molecule has 1 unspecified atom stereocenters. The Balaban J connectivity index is 1.72. The zero-order valence-corrected chi connectivity index (χ0v) is 20.5. The normalized spacial score (nSPS) is 12.5. The molecule has 0 bridgehead atoms. The summed E-state index contributed by atoms with van der Waals surface area (Å²) in [5, 5.41) is 4.02. The summed E-state index contributed by atoms with van der Waals surface area (Å²) in [5.74, 6) is 0.0181. The molecule has 1 N–H and O–H groups in total. The highest BCUT2D eigenvalue weighted by molar-refractivity contribution is 9.10.